The quantitative estimate of drug-likeness (QED) is 0.464. The highest BCUT2D eigenvalue weighted by Gasteiger charge is 2.31. The van der Waals surface area contributed by atoms with E-state index >= 15 is 0 Å². The highest BCUT2D eigenvalue weighted by molar-refractivity contribution is 8.19. The Kier molecular flexibility index (Phi) is 6.87. The number of hydrogen-bond donors (Lipinski definition) is 0. The number of nitrogens with zero attached hydrogens (tertiary/aromatic N) is 1. The van der Waals surface area contributed by atoms with E-state index in [1.165, 1.54) is 46.7 Å². The molecule has 0 spiro atoms. The fourth-order valence-electron chi connectivity index (χ4n) is 4.31. The zero-order valence-corrected chi connectivity index (χ0v) is 19.5. The fourth-order valence-corrected chi connectivity index (χ4v) is 7.92. The summed E-state index contributed by atoms with van der Waals surface area (Å²) < 4.78 is 5.55. The molecule has 1 aromatic carbocycles. The molecule has 2 unspecified atom stereocenters. The lowest BCUT2D eigenvalue weighted by atomic mass is 9.92. The zero-order chi connectivity index (χ0) is 20.4. The van der Waals surface area contributed by atoms with Crippen molar-refractivity contribution in [2.45, 2.75) is 55.8 Å². The minimum atomic E-state index is -0.158. The van der Waals surface area contributed by atoms with Gasteiger partial charge in [-0.1, -0.05) is 18.5 Å². The number of thioether (sulfide) groups is 2. The predicted molar refractivity (Wildman–Crippen MR) is 126 cm³/mol. The average Bonchev–Trinajstić information content (AvgIpc) is 3.30. The van der Waals surface area contributed by atoms with E-state index in [0.29, 0.717) is 22.9 Å². The van der Waals surface area contributed by atoms with Gasteiger partial charge in [0, 0.05) is 34.0 Å². The maximum Gasteiger partial charge on any atom is 0.309 e. The molecule has 0 radical (unpaired) electrons. The van der Waals surface area contributed by atoms with Crippen molar-refractivity contribution in [2.75, 3.05) is 23.8 Å². The summed E-state index contributed by atoms with van der Waals surface area (Å²) in [6, 6.07) is 6.43. The van der Waals surface area contributed by atoms with Gasteiger partial charge in [0.15, 0.2) is 0 Å². The summed E-state index contributed by atoms with van der Waals surface area (Å²) in [4.78, 5) is 14.4. The van der Waals surface area contributed by atoms with Crippen molar-refractivity contribution in [3.63, 3.8) is 0 Å². The third-order valence-corrected chi connectivity index (χ3v) is 9.36. The minimum Gasteiger partial charge on any atom is -0.466 e. The zero-order valence-electron chi connectivity index (χ0n) is 17.1. The van der Waals surface area contributed by atoms with Crippen molar-refractivity contribution < 1.29 is 9.53 Å². The molecule has 29 heavy (non-hydrogen) atoms. The van der Waals surface area contributed by atoms with Crippen molar-refractivity contribution in [1.29, 1.82) is 0 Å². The molecule has 0 aromatic heterocycles. The molecule has 6 heteroatoms. The molecule has 156 valence electrons. The molecule has 3 aliphatic rings. The third kappa shape index (κ3) is 4.67. The summed E-state index contributed by atoms with van der Waals surface area (Å²) in [6.07, 6.45) is 7.14. The molecule has 0 bridgehead atoms. The minimum absolute atomic E-state index is 0.158. The molecule has 0 amide bonds. The van der Waals surface area contributed by atoms with Crippen LogP contribution >= 0.6 is 35.1 Å². The third-order valence-electron chi connectivity index (χ3n) is 5.68. The smallest absolute Gasteiger partial charge is 0.309 e. The maximum absolute atomic E-state index is 12.0. The van der Waals surface area contributed by atoms with Crippen LogP contribution in [0.3, 0.4) is 0 Å². The van der Waals surface area contributed by atoms with Crippen LogP contribution in [0, 0.1) is 0 Å². The number of rotatable bonds is 5. The summed E-state index contributed by atoms with van der Waals surface area (Å²) in [5.74, 6) is 1.01. The molecule has 0 N–H and O–H groups in total. The second-order valence-corrected chi connectivity index (χ2v) is 11.2. The Balaban J connectivity index is 1.64. The number of hydrogen-bond acceptors (Lipinski definition) is 5. The van der Waals surface area contributed by atoms with E-state index in [0.717, 1.165) is 24.4 Å². The van der Waals surface area contributed by atoms with Gasteiger partial charge < -0.3 is 9.64 Å². The van der Waals surface area contributed by atoms with Gasteiger partial charge in [-0.3, -0.25) is 4.79 Å². The van der Waals surface area contributed by atoms with Crippen molar-refractivity contribution >= 4 is 46.8 Å². The molecular formula is C23H28ClNO2S2. The lowest BCUT2D eigenvalue weighted by Crippen LogP contribution is -2.19. The molecular weight excluding hydrogens is 422 g/mol. The van der Waals surface area contributed by atoms with E-state index in [2.05, 4.69) is 30.0 Å². The highest BCUT2D eigenvalue weighted by atomic mass is 35.5. The van der Waals surface area contributed by atoms with E-state index < -0.39 is 0 Å². The highest BCUT2D eigenvalue weighted by Crippen LogP contribution is 2.52. The molecule has 1 saturated heterocycles. The summed E-state index contributed by atoms with van der Waals surface area (Å²) in [5.41, 5.74) is 6.56. The second kappa shape index (κ2) is 9.40. The fraction of sp³-hybridized carbons (Fsp3) is 0.522. The average molecular weight is 450 g/mol. The standard InChI is InChI=1S/C23H28ClNO2S2/c1-3-27-22(26)11-10-21-18-7-5-4-6-16(18)13-25(21)17-8-9-20(24)19(12-17)23-28-14-15(2)29-23/h8-10,12,15,23H,3-7,11,13-14H2,1-2H3. The van der Waals surface area contributed by atoms with Crippen molar-refractivity contribution in [1.82, 2.24) is 0 Å². The Morgan fingerprint density at radius 3 is 2.93 bits per heavy atom. The van der Waals surface area contributed by atoms with E-state index in [1.54, 1.807) is 0 Å². The predicted octanol–water partition coefficient (Wildman–Crippen LogP) is 6.73. The topological polar surface area (TPSA) is 29.5 Å². The van der Waals surface area contributed by atoms with Crippen LogP contribution < -0.4 is 4.90 Å². The lowest BCUT2D eigenvalue weighted by molar-refractivity contribution is -0.142. The Labute approximate surface area is 187 Å². The Morgan fingerprint density at radius 1 is 1.34 bits per heavy atom. The van der Waals surface area contributed by atoms with Gasteiger partial charge in [-0.25, -0.2) is 0 Å². The SMILES string of the molecule is CCOC(=O)CC=C1C2=C(CCCC2)CN1c1ccc(Cl)c(C2SCC(C)S2)c1. The Hall–Kier alpha value is -1.04. The van der Waals surface area contributed by atoms with Crippen LogP contribution in [0.1, 0.15) is 56.1 Å². The van der Waals surface area contributed by atoms with E-state index in [-0.39, 0.29) is 5.97 Å². The number of carbonyl (C=O) groups excluding carboxylic acids is 1. The van der Waals surface area contributed by atoms with Gasteiger partial charge in [-0.2, -0.15) is 0 Å². The van der Waals surface area contributed by atoms with Crippen LogP contribution in [0.25, 0.3) is 0 Å². The maximum atomic E-state index is 12.0. The molecule has 1 aliphatic carbocycles. The van der Waals surface area contributed by atoms with Gasteiger partial charge in [-0.15, -0.1) is 23.5 Å². The summed E-state index contributed by atoms with van der Waals surface area (Å²) >= 11 is 10.6. The van der Waals surface area contributed by atoms with Crippen LogP contribution in [0.2, 0.25) is 5.02 Å². The van der Waals surface area contributed by atoms with E-state index in [4.69, 9.17) is 16.3 Å². The first kappa shape index (κ1) is 21.2. The number of halogens is 1. The van der Waals surface area contributed by atoms with Gasteiger partial charge in [0.1, 0.15) is 0 Å². The number of carbonyl (C=O) groups is 1. The van der Waals surface area contributed by atoms with Crippen molar-refractivity contribution in [2.24, 2.45) is 0 Å². The molecule has 2 aliphatic heterocycles. The largest absolute Gasteiger partial charge is 0.466 e. The molecule has 3 nitrogen and oxygen atoms in total. The number of allylic oxidation sites excluding steroid dienone is 1. The van der Waals surface area contributed by atoms with Crippen LogP contribution in [0.4, 0.5) is 5.69 Å². The van der Waals surface area contributed by atoms with E-state index in [9.17, 15) is 4.79 Å². The summed E-state index contributed by atoms with van der Waals surface area (Å²) in [7, 11) is 0. The first-order chi connectivity index (χ1) is 14.1. The van der Waals surface area contributed by atoms with Gasteiger partial charge >= 0.3 is 5.97 Å². The first-order valence-electron chi connectivity index (χ1n) is 10.5. The Bertz CT molecular complexity index is 851. The van der Waals surface area contributed by atoms with Gasteiger partial charge in [0.2, 0.25) is 0 Å². The first-order valence-corrected chi connectivity index (χ1v) is 12.8. The van der Waals surface area contributed by atoms with E-state index in [1.807, 2.05) is 36.5 Å². The second-order valence-electron chi connectivity index (χ2n) is 7.79. The summed E-state index contributed by atoms with van der Waals surface area (Å²) in [5, 5.41) is 1.51. The molecule has 2 atom stereocenters. The van der Waals surface area contributed by atoms with Crippen LogP contribution in [0.15, 0.2) is 41.1 Å². The van der Waals surface area contributed by atoms with Crippen molar-refractivity contribution in [3.05, 3.63) is 51.7 Å². The Morgan fingerprint density at radius 2 is 2.17 bits per heavy atom. The van der Waals surface area contributed by atoms with Crippen LogP contribution in [0.5, 0.6) is 0 Å². The normalized spacial score (nSPS) is 25.6. The van der Waals surface area contributed by atoms with Gasteiger partial charge in [-0.05, 0) is 73.6 Å². The number of anilines is 1. The molecule has 0 saturated carbocycles. The summed E-state index contributed by atoms with van der Waals surface area (Å²) in [6.45, 7) is 5.48. The van der Waals surface area contributed by atoms with Crippen LogP contribution in [-0.4, -0.2) is 30.1 Å². The van der Waals surface area contributed by atoms with Crippen molar-refractivity contribution in [3.8, 4) is 0 Å². The van der Waals surface area contributed by atoms with Gasteiger partial charge in [0.05, 0.1) is 17.6 Å². The number of ether oxygens (including phenoxy) is 1. The van der Waals surface area contributed by atoms with Crippen LogP contribution in [-0.2, 0) is 9.53 Å². The number of benzene rings is 1. The lowest BCUT2D eigenvalue weighted by Gasteiger charge is -2.24. The monoisotopic (exact) mass is 449 g/mol. The number of esters is 1. The molecule has 2 heterocycles. The molecule has 1 fully saturated rings. The molecule has 4 rings (SSSR count). The molecule has 1 aromatic rings. The van der Waals surface area contributed by atoms with Gasteiger partial charge in [0.25, 0.3) is 0 Å².